The van der Waals surface area contributed by atoms with Gasteiger partial charge < -0.3 is 9.29 Å². The van der Waals surface area contributed by atoms with Gasteiger partial charge in [0.25, 0.3) is 0 Å². The molecule has 0 fully saturated rings. The highest BCUT2D eigenvalue weighted by Crippen LogP contribution is 2.26. The number of pyridine rings is 1. The second-order valence-corrected chi connectivity index (χ2v) is 9.00. The first-order valence-electron chi connectivity index (χ1n) is 9.19. The number of fused-ring (bicyclic) bond motifs is 2. The van der Waals surface area contributed by atoms with E-state index < -0.39 is 15.6 Å². The lowest BCUT2D eigenvalue weighted by Gasteiger charge is -2.10. The van der Waals surface area contributed by atoms with Crippen LogP contribution in [0, 0.1) is 0 Å². The number of benzene rings is 3. The first kappa shape index (κ1) is 24.6. The number of carbonyl (C=O) groups excluding carboxylic acids is 1. The first-order valence-corrected chi connectivity index (χ1v) is 11.4. The van der Waals surface area contributed by atoms with Gasteiger partial charge in [-0.2, -0.15) is 17.7 Å². The Morgan fingerprint density at radius 2 is 1.33 bits per heavy atom. The smallest absolute Gasteiger partial charge is 0.485 e. The zero-order chi connectivity index (χ0) is 24.4. The summed E-state index contributed by atoms with van der Waals surface area (Å²) in [4.78, 5) is 13.0. The van der Waals surface area contributed by atoms with Gasteiger partial charge in [-0.1, -0.05) is 40.2 Å². The minimum Gasteiger partial charge on any atom is -0.741 e. The minimum atomic E-state index is -6.09. The highest BCUT2D eigenvalue weighted by molar-refractivity contribution is 9.10. The maximum atomic E-state index is 13.0. The topological polar surface area (TPSA) is 87.4 Å². The molecule has 0 N–H and O–H groups in total. The van der Waals surface area contributed by atoms with Gasteiger partial charge in [-0.05, 0) is 36.4 Å². The quantitative estimate of drug-likeness (QED) is 0.0903. The predicted octanol–water partition coefficient (Wildman–Crippen LogP) is 4.85. The maximum Gasteiger partial charge on any atom is 0.485 e. The van der Waals surface area contributed by atoms with Crippen molar-refractivity contribution in [1.29, 1.82) is 0 Å². The fraction of sp³-hybridized carbons (Fsp3) is 0.0909. The van der Waals surface area contributed by atoms with Gasteiger partial charge >= 0.3 is 11.5 Å². The van der Waals surface area contributed by atoms with Crippen molar-refractivity contribution in [2.75, 3.05) is 0 Å². The monoisotopic (exact) mass is 541 g/mol. The van der Waals surface area contributed by atoms with Crippen molar-refractivity contribution in [3.63, 3.8) is 0 Å². The summed E-state index contributed by atoms with van der Waals surface area (Å²) >= 11 is 3.39. The molecule has 33 heavy (non-hydrogen) atoms. The third kappa shape index (κ3) is 5.49. The number of esters is 1. The summed E-state index contributed by atoms with van der Waals surface area (Å²) in [6.45, 7) is 0. The van der Waals surface area contributed by atoms with E-state index in [1.807, 2.05) is 67.7 Å². The van der Waals surface area contributed by atoms with E-state index in [1.54, 1.807) is 12.1 Å². The molecule has 0 aliphatic heterocycles. The maximum absolute atomic E-state index is 13.0. The molecule has 0 spiro atoms. The standard InChI is InChI=1S/C21H15BrNO2.CHF3O3S/c1-23-18-8-4-2-6-16(18)20(17-7-3-5-9-19(17)23)21(24)25-15-12-10-14(22)11-13-15;2-1(3,4)8(5,6)7/h2-13H,1H3;(H,5,6,7)/q+1;/p-1. The molecule has 4 aromatic rings. The summed E-state index contributed by atoms with van der Waals surface area (Å²) in [5.74, 6) is 0.171. The number of aryl methyl sites for hydroxylation is 1. The summed E-state index contributed by atoms with van der Waals surface area (Å²) in [6.07, 6.45) is 0. The average Bonchev–Trinajstić information content (AvgIpc) is 2.75. The number of para-hydroxylation sites is 2. The van der Waals surface area contributed by atoms with Crippen LogP contribution in [0.4, 0.5) is 13.2 Å². The molecule has 172 valence electrons. The zero-order valence-corrected chi connectivity index (χ0v) is 19.2. The fourth-order valence-electron chi connectivity index (χ4n) is 3.11. The molecular weight excluding hydrogens is 527 g/mol. The number of hydrogen-bond donors (Lipinski definition) is 0. The van der Waals surface area contributed by atoms with Gasteiger partial charge in [-0.3, -0.25) is 0 Å². The molecule has 0 amide bonds. The number of carbonyl (C=O) groups is 1. The lowest BCUT2D eigenvalue weighted by atomic mass is 10.0. The van der Waals surface area contributed by atoms with Crippen molar-refractivity contribution < 1.29 is 40.2 Å². The molecule has 4 rings (SSSR count). The zero-order valence-electron chi connectivity index (χ0n) is 16.8. The number of rotatable bonds is 2. The Balaban J connectivity index is 0.000000331. The fourth-order valence-corrected chi connectivity index (χ4v) is 3.37. The summed E-state index contributed by atoms with van der Waals surface area (Å²) in [5.41, 5.74) is -3.08. The normalized spacial score (nSPS) is 11.7. The van der Waals surface area contributed by atoms with Crippen LogP contribution in [0.15, 0.2) is 77.3 Å². The van der Waals surface area contributed by atoms with Crippen LogP contribution < -0.4 is 9.30 Å². The molecule has 0 aliphatic rings. The highest BCUT2D eigenvalue weighted by Gasteiger charge is 2.36. The van der Waals surface area contributed by atoms with E-state index >= 15 is 0 Å². The summed E-state index contributed by atoms with van der Waals surface area (Å²) < 4.78 is 67.6. The van der Waals surface area contributed by atoms with Gasteiger partial charge in [-0.15, -0.1) is 0 Å². The average molecular weight is 542 g/mol. The molecule has 0 atom stereocenters. The third-order valence-corrected chi connectivity index (χ3v) is 5.68. The second kappa shape index (κ2) is 9.46. The van der Waals surface area contributed by atoms with Crippen LogP contribution >= 0.6 is 15.9 Å². The molecule has 3 aromatic carbocycles. The first-order chi connectivity index (χ1) is 15.4. The molecule has 11 heteroatoms. The van der Waals surface area contributed by atoms with Gasteiger partial charge in [0.15, 0.2) is 10.1 Å². The van der Waals surface area contributed by atoms with Crippen molar-refractivity contribution in [2.24, 2.45) is 7.05 Å². The lowest BCUT2D eigenvalue weighted by molar-refractivity contribution is -0.617. The van der Waals surface area contributed by atoms with Gasteiger partial charge in [0.2, 0.25) is 11.0 Å². The summed E-state index contributed by atoms with van der Waals surface area (Å²) in [7, 11) is -4.08. The van der Waals surface area contributed by atoms with Gasteiger partial charge in [-0.25, -0.2) is 13.2 Å². The summed E-state index contributed by atoms with van der Waals surface area (Å²) in [6, 6.07) is 23.0. The van der Waals surface area contributed by atoms with Crippen LogP contribution in [0.3, 0.4) is 0 Å². The number of hydrogen-bond acceptors (Lipinski definition) is 5. The van der Waals surface area contributed by atoms with Crippen molar-refractivity contribution in [3.05, 3.63) is 82.8 Å². The van der Waals surface area contributed by atoms with Crippen LogP contribution in [0.1, 0.15) is 10.4 Å². The molecule has 0 aliphatic carbocycles. The van der Waals surface area contributed by atoms with Crippen molar-refractivity contribution in [1.82, 2.24) is 0 Å². The van der Waals surface area contributed by atoms with E-state index in [-0.39, 0.29) is 5.97 Å². The van der Waals surface area contributed by atoms with Gasteiger partial charge in [0.1, 0.15) is 12.8 Å². The molecule has 6 nitrogen and oxygen atoms in total. The number of alkyl halides is 3. The Bertz CT molecular complexity index is 1380. The Morgan fingerprint density at radius 1 is 0.909 bits per heavy atom. The molecule has 0 unspecified atom stereocenters. The van der Waals surface area contributed by atoms with Crippen molar-refractivity contribution >= 4 is 53.8 Å². The molecule has 0 radical (unpaired) electrons. The van der Waals surface area contributed by atoms with Crippen LogP contribution in [-0.2, 0) is 17.2 Å². The number of aromatic nitrogens is 1. The van der Waals surface area contributed by atoms with Crippen LogP contribution in [-0.4, -0.2) is 24.4 Å². The lowest BCUT2D eigenvalue weighted by Crippen LogP contribution is -2.31. The van der Waals surface area contributed by atoms with Crippen molar-refractivity contribution in [2.45, 2.75) is 5.51 Å². The number of nitrogens with zero attached hydrogens (tertiary/aromatic N) is 1. The minimum absolute atomic E-state index is 0.352. The largest absolute Gasteiger partial charge is 0.741 e. The predicted molar refractivity (Wildman–Crippen MR) is 117 cm³/mol. The Morgan fingerprint density at radius 3 is 1.76 bits per heavy atom. The molecule has 1 heterocycles. The van der Waals surface area contributed by atoms with E-state index in [2.05, 4.69) is 20.5 Å². The van der Waals surface area contributed by atoms with Crippen LogP contribution in [0.2, 0.25) is 0 Å². The number of ether oxygens (including phenoxy) is 1. The Kier molecular flexibility index (Phi) is 7.06. The van der Waals surface area contributed by atoms with E-state index in [0.29, 0.717) is 11.3 Å². The van der Waals surface area contributed by atoms with E-state index in [1.165, 1.54) is 0 Å². The molecule has 0 saturated carbocycles. The highest BCUT2D eigenvalue weighted by atomic mass is 79.9. The molecular formula is C22H15BrF3NO5S. The Labute approximate surface area is 195 Å². The molecule has 1 aromatic heterocycles. The van der Waals surface area contributed by atoms with Crippen LogP contribution in [0.25, 0.3) is 21.8 Å². The molecule has 0 saturated heterocycles. The van der Waals surface area contributed by atoms with Gasteiger partial charge in [0.05, 0.1) is 16.3 Å². The molecule has 0 bridgehead atoms. The Hall–Kier alpha value is -3.02. The van der Waals surface area contributed by atoms with Crippen LogP contribution in [0.5, 0.6) is 5.75 Å². The van der Waals surface area contributed by atoms with E-state index in [9.17, 15) is 18.0 Å². The van der Waals surface area contributed by atoms with E-state index in [4.69, 9.17) is 17.7 Å². The third-order valence-electron chi connectivity index (χ3n) is 4.58. The second-order valence-electron chi connectivity index (χ2n) is 6.71. The summed E-state index contributed by atoms with van der Waals surface area (Å²) in [5, 5.41) is 1.76. The number of halogens is 4. The van der Waals surface area contributed by atoms with Crippen molar-refractivity contribution in [3.8, 4) is 5.75 Å². The van der Waals surface area contributed by atoms with E-state index in [0.717, 1.165) is 26.3 Å². The SMILES string of the molecule is C[n+]1c2ccccc2c(C(=O)Oc2ccc(Br)cc2)c2ccccc21.O=S(=O)([O-])C(F)(F)F. The van der Waals surface area contributed by atoms with Gasteiger partial charge in [0, 0.05) is 16.6 Å².